The largest absolute Gasteiger partial charge is 0.373 e. The maximum absolute atomic E-state index is 10.3. The summed E-state index contributed by atoms with van der Waals surface area (Å²) >= 11 is 0. The lowest BCUT2D eigenvalue weighted by molar-refractivity contribution is 0.112. The summed E-state index contributed by atoms with van der Waals surface area (Å²) in [6.45, 7) is 1.91. The van der Waals surface area contributed by atoms with Crippen LogP contribution < -0.4 is 5.32 Å². The maximum atomic E-state index is 10.3. The van der Waals surface area contributed by atoms with Crippen LogP contribution in [-0.4, -0.2) is 18.3 Å². The second kappa shape index (κ2) is 3.14. The number of rotatable bonds is 2. The van der Waals surface area contributed by atoms with Crippen molar-refractivity contribution >= 4 is 12.1 Å². The summed E-state index contributed by atoms with van der Waals surface area (Å²) in [6, 6.07) is 1.80. The van der Waals surface area contributed by atoms with Crippen LogP contribution in [0, 0.1) is 6.92 Å². The van der Waals surface area contributed by atoms with E-state index in [4.69, 9.17) is 0 Å². The average Bonchev–Trinajstić information content (AvgIpc) is 2.04. The van der Waals surface area contributed by atoms with Crippen LogP contribution in [0.5, 0.6) is 0 Å². The van der Waals surface area contributed by atoms with Crippen molar-refractivity contribution in [2.75, 3.05) is 12.4 Å². The zero-order chi connectivity index (χ0) is 8.27. The molecule has 0 aromatic carbocycles. The fourth-order valence-corrected chi connectivity index (χ4v) is 0.923. The molecule has 0 bridgehead atoms. The second-order valence-corrected chi connectivity index (χ2v) is 2.30. The van der Waals surface area contributed by atoms with Gasteiger partial charge in [-0.3, -0.25) is 4.79 Å². The fourth-order valence-electron chi connectivity index (χ4n) is 0.923. The highest BCUT2D eigenvalue weighted by molar-refractivity contribution is 5.75. The summed E-state index contributed by atoms with van der Waals surface area (Å²) in [5.41, 5.74) is 1.60. The molecule has 3 nitrogen and oxygen atoms in total. The van der Waals surface area contributed by atoms with Crippen LogP contribution in [0.25, 0.3) is 0 Å². The molecule has 0 atom stereocenters. The van der Waals surface area contributed by atoms with Crippen molar-refractivity contribution in [2.45, 2.75) is 6.92 Å². The van der Waals surface area contributed by atoms with E-state index in [1.54, 1.807) is 19.3 Å². The van der Waals surface area contributed by atoms with Crippen LogP contribution in [0.2, 0.25) is 0 Å². The standard InChI is InChI=1S/C8H10N2O/c1-6-3-7(5-11)4-10-8(6)9-2/h3-5H,1-2H3,(H,9,10). The van der Waals surface area contributed by atoms with Crippen molar-refractivity contribution in [3.63, 3.8) is 0 Å². The van der Waals surface area contributed by atoms with E-state index in [1.807, 2.05) is 6.92 Å². The van der Waals surface area contributed by atoms with Crippen LogP contribution >= 0.6 is 0 Å². The predicted molar refractivity (Wildman–Crippen MR) is 43.9 cm³/mol. The summed E-state index contributed by atoms with van der Waals surface area (Å²) in [5.74, 6) is 0.815. The van der Waals surface area contributed by atoms with E-state index >= 15 is 0 Å². The van der Waals surface area contributed by atoms with Crippen LogP contribution in [0.15, 0.2) is 12.3 Å². The molecule has 0 spiro atoms. The maximum Gasteiger partial charge on any atom is 0.151 e. The predicted octanol–water partition coefficient (Wildman–Crippen LogP) is 1.24. The molecule has 0 aliphatic carbocycles. The molecule has 11 heavy (non-hydrogen) atoms. The van der Waals surface area contributed by atoms with Gasteiger partial charge < -0.3 is 5.32 Å². The lowest BCUT2D eigenvalue weighted by Crippen LogP contribution is -1.96. The third kappa shape index (κ3) is 1.55. The molecule has 1 N–H and O–H groups in total. The fraction of sp³-hybridized carbons (Fsp3) is 0.250. The van der Waals surface area contributed by atoms with Crippen molar-refractivity contribution in [3.05, 3.63) is 23.4 Å². The summed E-state index contributed by atoms with van der Waals surface area (Å²) in [5, 5.41) is 2.92. The van der Waals surface area contributed by atoms with Gasteiger partial charge >= 0.3 is 0 Å². The quantitative estimate of drug-likeness (QED) is 0.645. The van der Waals surface area contributed by atoms with Gasteiger partial charge in [-0.05, 0) is 18.6 Å². The molecule has 0 amide bonds. The van der Waals surface area contributed by atoms with Crippen LogP contribution in [0.4, 0.5) is 5.82 Å². The van der Waals surface area contributed by atoms with E-state index in [0.717, 1.165) is 17.7 Å². The number of aryl methyl sites for hydroxylation is 1. The molecular formula is C8H10N2O. The Morgan fingerprint density at radius 3 is 2.82 bits per heavy atom. The molecule has 0 radical (unpaired) electrons. The van der Waals surface area contributed by atoms with E-state index in [9.17, 15) is 4.79 Å². The Labute approximate surface area is 65.5 Å². The topological polar surface area (TPSA) is 42.0 Å². The van der Waals surface area contributed by atoms with Gasteiger partial charge in [0.1, 0.15) is 5.82 Å². The smallest absolute Gasteiger partial charge is 0.151 e. The van der Waals surface area contributed by atoms with Crippen molar-refractivity contribution in [2.24, 2.45) is 0 Å². The first-order valence-corrected chi connectivity index (χ1v) is 3.37. The lowest BCUT2D eigenvalue weighted by atomic mass is 10.2. The van der Waals surface area contributed by atoms with Gasteiger partial charge in [-0.15, -0.1) is 0 Å². The van der Waals surface area contributed by atoms with Gasteiger partial charge in [-0.1, -0.05) is 0 Å². The van der Waals surface area contributed by atoms with E-state index in [0.29, 0.717) is 5.56 Å². The Morgan fingerprint density at radius 2 is 2.36 bits per heavy atom. The number of hydrogen-bond donors (Lipinski definition) is 1. The van der Waals surface area contributed by atoms with Gasteiger partial charge in [0.2, 0.25) is 0 Å². The van der Waals surface area contributed by atoms with Crippen molar-refractivity contribution in [1.82, 2.24) is 4.98 Å². The third-order valence-corrected chi connectivity index (χ3v) is 1.47. The molecule has 3 heteroatoms. The number of aromatic nitrogens is 1. The zero-order valence-corrected chi connectivity index (χ0v) is 6.59. The molecule has 1 rings (SSSR count). The van der Waals surface area contributed by atoms with E-state index in [-0.39, 0.29) is 0 Å². The molecule has 1 heterocycles. The highest BCUT2D eigenvalue weighted by atomic mass is 16.1. The first kappa shape index (κ1) is 7.72. The van der Waals surface area contributed by atoms with Gasteiger partial charge in [0, 0.05) is 18.8 Å². The number of carbonyl (C=O) groups excluding carboxylic acids is 1. The molecule has 0 saturated carbocycles. The normalized spacial score (nSPS) is 9.27. The molecule has 0 aliphatic heterocycles. The SMILES string of the molecule is CNc1ncc(C=O)cc1C. The minimum absolute atomic E-state index is 0.613. The minimum atomic E-state index is 0.613. The first-order chi connectivity index (χ1) is 5.27. The number of hydrogen-bond acceptors (Lipinski definition) is 3. The molecule has 0 fully saturated rings. The monoisotopic (exact) mass is 150 g/mol. The Balaban J connectivity index is 3.09. The Kier molecular flexibility index (Phi) is 2.21. The highest BCUT2D eigenvalue weighted by Gasteiger charge is 1.97. The minimum Gasteiger partial charge on any atom is -0.373 e. The third-order valence-electron chi connectivity index (χ3n) is 1.47. The van der Waals surface area contributed by atoms with E-state index in [2.05, 4.69) is 10.3 Å². The number of anilines is 1. The van der Waals surface area contributed by atoms with Gasteiger partial charge in [0.05, 0.1) is 0 Å². The Morgan fingerprint density at radius 1 is 1.64 bits per heavy atom. The average molecular weight is 150 g/mol. The molecule has 0 saturated heterocycles. The van der Waals surface area contributed by atoms with Gasteiger partial charge in [-0.2, -0.15) is 0 Å². The van der Waals surface area contributed by atoms with Gasteiger partial charge in [0.15, 0.2) is 6.29 Å². The van der Waals surface area contributed by atoms with Crippen molar-refractivity contribution < 1.29 is 4.79 Å². The number of nitrogens with one attached hydrogen (secondary N) is 1. The van der Waals surface area contributed by atoms with Gasteiger partial charge in [0.25, 0.3) is 0 Å². The van der Waals surface area contributed by atoms with Gasteiger partial charge in [-0.25, -0.2) is 4.98 Å². The molecule has 58 valence electrons. The highest BCUT2D eigenvalue weighted by Crippen LogP contribution is 2.09. The lowest BCUT2D eigenvalue weighted by Gasteiger charge is -2.02. The number of nitrogens with zero attached hydrogens (tertiary/aromatic N) is 1. The molecule has 0 aliphatic rings. The Hall–Kier alpha value is -1.38. The van der Waals surface area contributed by atoms with E-state index in [1.165, 1.54) is 0 Å². The summed E-state index contributed by atoms with van der Waals surface area (Å²) in [6.07, 6.45) is 2.34. The Bertz CT molecular complexity index is 271. The van der Waals surface area contributed by atoms with E-state index < -0.39 is 0 Å². The number of carbonyl (C=O) groups is 1. The molecule has 1 aromatic rings. The van der Waals surface area contributed by atoms with Crippen LogP contribution in [-0.2, 0) is 0 Å². The van der Waals surface area contributed by atoms with Crippen molar-refractivity contribution in [1.29, 1.82) is 0 Å². The van der Waals surface area contributed by atoms with Crippen LogP contribution in [0.3, 0.4) is 0 Å². The summed E-state index contributed by atoms with van der Waals surface area (Å²) < 4.78 is 0. The van der Waals surface area contributed by atoms with Crippen molar-refractivity contribution in [3.8, 4) is 0 Å². The number of pyridine rings is 1. The summed E-state index contributed by atoms with van der Waals surface area (Å²) in [7, 11) is 1.80. The molecular weight excluding hydrogens is 140 g/mol. The van der Waals surface area contributed by atoms with Crippen LogP contribution in [0.1, 0.15) is 15.9 Å². The summed E-state index contributed by atoms with van der Waals surface area (Å²) in [4.78, 5) is 14.3. The molecule has 0 unspecified atom stereocenters. The zero-order valence-electron chi connectivity index (χ0n) is 6.59. The second-order valence-electron chi connectivity index (χ2n) is 2.30. The molecule has 1 aromatic heterocycles. The first-order valence-electron chi connectivity index (χ1n) is 3.37. The number of aldehydes is 1.